The zero-order chi connectivity index (χ0) is 11.1. The average Bonchev–Trinajstić information content (AvgIpc) is 2.71. The zero-order valence-corrected chi connectivity index (χ0v) is 8.93. The lowest BCUT2D eigenvalue weighted by atomic mass is 10.1. The third-order valence-electron chi connectivity index (χ3n) is 3.33. The first-order valence-corrected chi connectivity index (χ1v) is 5.49. The standard InChI is InChI=1S/C11H14N2O3/c14-11(15)8-1-2-9-6-12-3-4-16-10(12)7-13(9)5-8/h2,5,10H,1,3-4,6-7H2,(H,14,15). The summed E-state index contributed by atoms with van der Waals surface area (Å²) in [5.74, 6) is -0.829. The highest BCUT2D eigenvalue weighted by molar-refractivity contribution is 5.87. The second-order valence-electron chi connectivity index (χ2n) is 4.31. The molecule has 3 rings (SSSR count). The molecule has 5 heteroatoms. The Morgan fingerprint density at radius 3 is 3.25 bits per heavy atom. The smallest absolute Gasteiger partial charge is 0.333 e. The van der Waals surface area contributed by atoms with E-state index in [1.165, 1.54) is 5.70 Å². The van der Waals surface area contributed by atoms with Gasteiger partial charge < -0.3 is 14.7 Å². The van der Waals surface area contributed by atoms with Crippen molar-refractivity contribution >= 4 is 5.97 Å². The summed E-state index contributed by atoms with van der Waals surface area (Å²) in [6.07, 6.45) is 4.41. The highest BCUT2D eigenvalue weighted by Gasteiger charge is 2.34. The third-order valence-corrected chi connectivity index (χ3v) is 3.33. The van der Waals surface area contributed by atoms with Gasteiger partial charge in [-0.3, -0.25) is 4.90 Å². The summed E-state index contributed by atoms with van der Waals surface area (Å²) in [7, 11) is 0. The van der Waals surface area contributed by atoms with Gasteiger partial charge in [0.25, 0.3) is 0 Å². The van der Waals surface area contributed by atoms with E-state index in [1.54, 1.807) is 6.20 Å². The normalized spacial score (nSPS) is 29.2. The Kier molecular flexibility index (Phi) is 2.22. The molecule has 1 unspecified atom stereocenters. The number of hydrogen-bond donors (Lipinski definition) is 1. The van der Waals surface area contributed by atoms with Crippen molar-refractivity contribution in [1.29, 1.82) is 0 Å². The van der Waals surface area contributed by atoms with Crippen LogP contribution in [0.1, 0.15) is 6.42 Å². The fourth-order valence-electron chi connectivity index (χ4n) is 2.42. The molecule has 0 radical (unpaired) electrons. The van der Waals surface area contributed by atoms with E-state index in [0.717, 1.165) is 26.2 Å². The molecule has 1 N–H and O–H groups in total. The number of allylic oxidation sites excluding steroid dienone is 1. The maximum Gasteiger partial charge on any atom is 0.333 e. The molecule has 1 atom stereocenters. The largest absolute Gasteiger partial charge is 0.478 e. The summed E-state index contributed by atoms with van der Waals surface area (Å²) >= 11 is 0. The SMILES string of the molecule is O=C(O)C1=CN2CC3OCCN3CC2=CC1. The summed E-state index contributed by atoms with van der Waals surface area (Å²) < 4.78 is 5.58. The molecule has 16 heavy (non-hydrogen) atoms. The number of nitrogens with zero attached hydrogens (tertiary/aromatic N) is 2. The molecule has 0 aromatic heterocycles. The molecule has 0 aliphatic carbocycles. The van der Waals surface area contributed by atoms with Crippen molar-refractivity contribution < 1.29 is 14.6 Å². The van der Waals surface area contributed by atoms with Gasteiger partial charge in [0.1, 0.15) is 6.23 Å². The van der Waals surface area contributed by atoms with Gasteiger partial charge in [-0.05, 0) is 0 Å². The molecule has 3 aliphatic heterocycles. The minimum Gasteiger partial charge on any atom is -0.478 e. The summed E-state index contributed by atoms with van der Waals surface area (Å²) in [6, 6.07) is 0. The molecule has 0 aromatic rings. The minimum atomic E-state index is -0.829. The van der Waals surface area contributed by atoms with Crippen LogP contribution in [0.15, 0.2) is 23.5 Å². The quantitative estimate of drug-likeness (QED) is 0.687. The van der Waals surface area contributed by atoms with Crippen molar-refractivity contribution in [2.45, 2.75) is 12.6 Å². The molecule has 2 saturated heterocycles. The van der Waals surface area contributed by atoms with E-state index in [-0.39, 0.29) is 6.23 Å². The topological polar surface area (TPSA) is 53.0 Å². The maximum atomic E-state index is 10.9. The Bertz CT molecular complexity index is 389. The molecule has 2 fully saturated rings. The highest BCUT2D eigenvalue weighted by atomic mass is 16.5. The maximum absolute atomic E-state index is 10.9. The Labute approximate surface area is 93.6 Å². The van der Waals surface area contributed by atoms with Gasteiger partial charge in [-0.25, -0.2) is 4.79 Å². The number of carbonyl (C=O) groups is 1. The van der Waals surface area contributed by atoms with Crippen molar-refractivity contribution in [2.24, 2.45) is 0 Å². The van der Waals surface area contributed by atoms with E-state index in [9.17, 15) is 4.79 Å². The van der Waals surface area contributed by atoms with E-state index in [2.05, 4.69) is 4.90 Å². The van der Waals surface area contributed by atoms with Crippen LogP contribution in [-0.2, 0) is 9.53 Å². The Morgan fingerprint density at radius 1 is 1.56 bits per heavy atom. The van der Waals surface area contributed by atoms with E-state index < -0.39 is 5.97 Å². The zero-order valence-electron chi connectivity index (χ0n) is 8.93. The number of piperazine rings is 1. The number of aliphatic carboxylic acids is 1. The number of ether oxygens (including phenoxy) is 1. The van der Waals surface area contributed by atoms with Crippen LogP contribution in [0.5, 0.6) is 0 Å². The van der Waals surface area contributed by atoms with Gasteiger partial charge in [-0.1, -0.05) is 6.08 Å². The predicted molar refractivity (Wildman–Crippen MR) is 56.4 cm³/mol. The lowest BCUT2D eigenvalue weighted by Crippen LogP contribution is -2.48. The van der Waals surface area contributed by atoms with Crippen LogP contribution in [0.4, 0.5) is 0 Å². The van der Waals surface area contributed by atoms with E-state index >= 15 is 0 Å². The van der Waals surface area contributed by atoms with Crippen molar-refractivity contribution in [3.63, 3.8) is 0 Å². The first-order chi connectivity index (χ1) is 7.74. The molecule has 3 heterocycles. The lowest BCUT2D eigenvalue weighted by molar-refractivity contribution is -0.132. The first kappa shape index (κ1) is 9.86. The molecule has 5 nitrogen and oxygen atoms in total. The number of carboxylic acid groups (broad SMARTS) is 1. The van der Waals surface area contributed by atoms with Crippen LogP contribution in [0, 0.1) is 0 Å². The fraction of sp³-hybridized carbons (Fsp3) is 0.545. The van der Waals surface area contributed by atoms with Crippen LogP contribution in [0.2, 0.25) is 0 Å². The average molecular weight is 222 g/mol. The Balaban J connectivity index is 1.81. The summed E-state index contributed by atoms with van der Waals surface area (Å²) in [6.45, 7) is 3.36. The monoisotopic (exact) mass is 222 g/mol. The summed E-state index contributed by atoms with van der Waals surface area (Å²) in [5.41, 5.74) is 1.65. The molecular weight excluding hydrogens is 208 g/mol. The fourth-order valence-corrected chi connectivity index (χ4v) is 2.42. The molecule has 0 amide bonds. The van der Waals surface area contributed by atoms with Gasteiger partial charge in [0.2, 0.25) is 0 Å². The van der Waals surface area contributed by atoms with E-state index in [4.69, 9.17) is 9.84 Å². The van der Waals surface area contributed by atoms with Gasteiger partial charge in [0.15, 0.2) is 0 Å². The predicted octanol–water partition coefficient (Wildman–Crippen LogP) is 0.216. The molecule has 0 spiro atoms. The molecule has 0 bridgehead atoms. The van der Waals surface area contributed by atoms with Crippen LogP contribution >= 0.6 is 0 Å². The van der Waals surface area contributed by atoms with E-state index in [1.807, 2.05) is 11.0 Å². The van der Waals surface area contributed by atoms with E-state index in [0.29, 0.717) is 12.0 Å². The van der Waals surface area contributed by atoms with Crippen LogP contribution < -0.4 is 0 Å². The molecule has 3 aliphatic rings. The van der Waals surface area contributed by atoms with Crippen LogP contribution in [0.3, 0.4) is 0 Å². The molecule has 0 aromatic carbocycles. The van der Waals surface area contributed by atoms with Crippen molar-refractivity contribution in [1.82, 2.24) is 9.80 Å². The van der Waals surface area contributed by atoms with Crippen LogP contribution in [-0.4, -0.2) is 53.3 Å². The minimum absolute atomic E-state index is 0.126. The number of hydrogen-bond acceptors (Lipinski definition) is 4. The molecule has 86 valence electrons. The highest BCUT2D eigenvalue weighted by Crippen LogP contribution is 2.27. The molecule has 0 saturated carbocycles. The second-order valence-corrected chi connectivity index (χ2v) is 4.31. The lowest BCUT2D eigenvalue weighted by Gasteiger charge is -2.39. The second kappa shape index (κ2) is 3.61. The number of fused-ring (bicyclic) bond motifs is 2. The summed E-state index contributed by atoms with van der Waals surface area (Å²) in [4.78, 5) is 15.2. The van der Waals surface area contributed by atoms with Crippen molar-refractivity contribution in [3.05, 3.63) is 23.5 Å². The third kappa shape index (κ3) is 1.52. The Hall–Kier alpha value is -1.33. The van der Waals surface area contributed by atoms with Gasteiger partial charge >= 0.3 is 5.97 Å². The van der Waals surface area contributed by atoms with Gasteiger partial charge in [0.05, 0.1) is 18.7 Å². The van der Waals surface area contributed by atoms with Gasteiger partial charge in [-0.15, -0.1) is 0 Å². The van der Waals surface area contributed by atoms with Crippen molar-refractivity contribution in [2.75, 3.05) is 26.2 Å². The van der Waals surface area contributed by atoms with Gasteiger partial charge in [0, 0.05) is 31.4 Å². The number of rotatable bonds is 1. The van der Waals surface area contributed by atoms with Crippen molar-refractivity contribution in [3.8, 4) is 0 Å². The molecular formula is C11H14N2O3. The van der Waals surface area contributed by atoms with Gasteiger partial charge in [-0.2, -0.15) is 0 Å². The Morgan fingerprint density at radius 2 is 2.44 bits per heavy atom. The number of carboxylic acids is 1. The van der Waals surface area contributed by atoms with Crippen LogP contribution in [0.25, 0.3) is 0 Å². The first-order valence-electron chi connectivity index (χ1n) is 5.49. The summed E-state index contributed by atoms with van der Waals surface area (Å²) in [5, 5.41) is 8.95.